The molecule has 0 unspecified atom stereocenters. The average molecular weight is 243 g/mol. The van der Waals surface area contributed by atoms with E-state index in [4.69, 9.17) is 4.74 Å². The molecule has 2 rings (SSSR count). The Morgan fingerprint density at radius 2 is 1.94 bits per heavy atom. The fourth-order valence-electron chi connectivity index (χ4n) is 2.66. The summed E-state index contributed by atoms with van der Waals surface area (Å²) in [4.78, 5) is 10.9. The van der Waals surface area contributed by atoms with Gasteiger partial charge < -0.3 is 4.74 Å². The number of rotatable bonds is 2. The summed E-state index contributed by atoms with van der Waals surface area (Å²) in [5.41, 5.74) is 0.673. The molecule has 0 saturated heterocycles. The van der Waals surface area contributed by atoms with E-state index in [1.54, 1.807) is 0 Å². The van der Waals surface area contributed by atoms with Crippen LogP contribution in [0.15, 0.2) is 30.3 Å². The highest BCUT2D eigenvalue weighted by Gasteiger charge is 2.37. The van der Waals surface area contributed by atoms with Gasteiger partial charge in [0.05, 0.1) is 11.5 Å². The van der Waals surface area contributed by atoms with Gasteiger partial charge in [0.2, 0.25) is 0 Å². The van der Waals surface area contributed by atoms with Crippen LogP contribution >= 0.6 is 0 Å². The Balaban J connectivity index is 2.10. The topological polar surface area (TPSA) is 50.1 Å². The molecular weight excluding hydrogens is 226 g/mol. The first-order chi connectivity index (χ1) is 8.66. The van der Waals surface area contributed by atoms with Crippen LogP contribution in [0.25, 0.3) is 0 Å². The van der Waals surface area contributed by atoms with Gasteiger partial charge in [0.25, 0.3) is 0 Å². The van der Waals surface area contributed by atoms with E-state index in [0.29, 0.717) is 0 Å². The number of esters is 1. The fraction of sp³-hybridized carbons (Fsp3) is 0.467. The van der Waals surface area contributed by atoms with Gasteiger partial charge in [0, 0.05) is 6.92 Å². The first-order valence-electron chi connectivity index (χ1n) is 6.30. The molecule has 0 aromatic heterocycles. The van der Waals surface area contributed by atoms with Gasteiger partial charge >= 0.3 is 5.97 Å². The monoisotopic (exact) mass is 243 g/mol. The van der Waals surface area contributed by atoms with Crippen LogP contribution in [0.3, 0.4) is 0 Å². The largest absolute Gasteiger partial charge is 0.463 e. The van der Waals surface area contributed by atoms with Crippen molar-refractivity contribution in [2.75, 3.05) is 0 Å². The Kier molecular flexibility index (Phi) is 3.66. The quantitative estimate of drug-likeness (QED) is 0.750. The second-order valence-corrected chi connectivity index (χ2v) is 4.87. The Labute approximate surface area is 107 Å². The molecular formula is C15H17NO2. The molecule has 94 valence electrons. The average Bonchev–Trinajstić information content (AvgIpc) is 2.40. The van der Waals surface area contributed by atoms with Crippen LogP contribution in [0.1, 0.15) is 38.2 Å². The van der Waals surface area contributed by atoms with E-state index in [9.17, 15) is 10.1 Å². The lowest BCUT2D eigenvalue weighted by atomic mass is 9.70. The molecule has 0 radical (unpaired) electrons. The van der Waals surface area contributed by atoms with E-state index in [-0.39, 0.29) is 12.1 Å². The van der Waals surface area contributed by atoms with Gasteiger partial charge in [0.1, 0.15) is 6.10 Å². The normalized spacial score (nSPS) is 27.2. The maximum Gasteiger partial charge on any atom is 0.302 e. The van der Waals surface area contributed by atoms with Crippen molar-refractivity contribution in [1.82, 2.24) is 0 Å². The predicted molar refractivity (Wildman–Crippen MR) is 67.8 cm³/mol. The van der Waals surface area contributed by atoms with Gasteiger partial charge in [-0.25, -0.2) is 0 Å². The van der Waals surface area contributed by atoms with Crippen molar-refractivity contribution in [2.24, 2.45) is 0 Å². The molecule has 0 spiro atoms. The molecule has 1 fully saturated rings. The summed E-state index contributed by atoms with van der Waals surface area (Å²) < 4.78 is 5.22. The lowest BCUT2D eigenvalue weighted by Gasteiger charge is -2.34. The molecule has 1 aliphatic rings. The van der Waals surface area contributed by atoms with E-state index < -0.39 is 5.41 Å². The van der Waals surface area contributed by atoms with Crippen LogP contribution in [0.5, 0.6) is 0 Å². The van der Waals surface area contributed by atoms with Gasteiger partial charge in [-0.15, -0.1) is 0 Å². The van der Waals surface area contributed by atoms with Crippen molar-refractivity contribution in [3.8, 4) is 6.07 Å². The molecule has 1 aliphatic carbocycles. The van der Waals surface area contributed by atoms with Crippen molar-refractivity contribution in [3.63, 3.8) is 0 Å². The number of ether oxygens (including phenoxy) is 1. The lowest BCUT2D eigenvalue weighted by Crippen LogP contribution is -2.34. The summed E-state index contributed by atoms with van der Waals surface area (Å²) in [6, 6.07) is 12.4. The van der Waals surface area contributed by atoms with Gasteiger partial charge in [-0.1, -0.05) is 30.3 Å². The van der Waals surface area contributed by atoms with Crippen LogP contribution in [-0.2, 0) is 14.9 Å². The zero-order valence-corrected chi connectivity index (χ0v) is 10.6. The molecule has 0 heterocycles. The van der Waals surface area contributed by atoms with Gasteiger partial charge in [-0.05, 0) is 31.2 Å². The van der Waals surface area contributed by atoms with Gasteiger partial charge in [-0.2, -0.15) is 5.26 Å². The predicted octanol–water partition coefficient (Wildman–Crippen LogP) is 2.95. The first-order valence-corrected chi connectivity index (χ1v) is 6.30. The van der Waals surface area contributed by atoms with Gasteiger partial charge in [-0.3, -0.25) is 4.79 Å². The summed E-state index contributed by atoms with van der Waals surface area (Å²) in [5, 5.41) is 9.51. The lowest BCUT2D eigenvalue weighted by molar-refractivity contribution is -0.148. The second kappa shape index (κ2) is 5.22. The SMILES string of the molecule is CC(=O)OC1CCC(C#N)(c2ccccc2)CC1. The minimum atomic E-state index is -0.405. The van der Waals surface area contributed by atoms with Gasteiger partial charge in [0.15, 0.2) is 0 Å². The Bertz CT molecular complexity index is 453. The Morgan fingerprint density at radius 1 is 1.33 bits per heavy atom. The second-order valence-electron chi connectivity index (χ2n) is 4.87. The molecule has 1 aromatic rings. The first kappa shape index (κ1) is 12.6. The minimum Gasteiger partial charge on any atom is -0.463 e. The molecule has 0 N–H and O–H groups in total. The summed E-state index contributed by atoms with van der Waals surface area (Å²) in [6.45, 7) is 1.43. The molecule has 0 aliphatic heterocycles. The van der Waals surface area contributed by atoms with Crippen LogP contribution in [0.2, 0.25) is 0 Å². The standard InChI is InChI=1S/C15H17NO2/c1-12(17)18-14-7-9-15(11-16,10-8-14)13-5-3-2-4-6-13/h2-6,14H,7-10H2,1H3. The van der Waals surface area contributed by atoms with Crippen LogP contribution in [-0.4, -0.2) is 12.1 Å². The highest BCUT2D eigenvalue weighted by atomic mass is 16.5. The third-order valence-electron chi connectivity index (χ3n) is 3.66. The smallest absolute Gasteiger partial charge is 0.302 e. The number of benzene rings is 1. The number of hydrogen-bond donors (Lipinski definition) is 0. The summed E-state index contributed by atoms with van der Waals surface area (Å²) in [6.07, 6.45) is 3.02. The summed E-state index contributed by atoms with van der Waals surface area (Å²) in [7, 11) is 0. The molecule has 1 aromatic carbocycles. The third kappa shape index (κ3) is 2.53. The number of carbonyl (C=O) groups excluding carboxylic acids is 1. The molecule has 18 heavy (non-hydrogen) atoms. The van der Waals surface area contributed by atoms with E-state index in [0.717, 1.165) is 31.2 Å². The van der Waals surface area contributed by atoms with Crippen molar-refractivity contribution in [2.45, 2.75) is 44.1 Å². The zero-order chi connectivity index (χ0) is 13.0. The number of carbonyl (C=O) groups is 1. The van der Waals surface area contributed by atoms with Crippen molar-refractivity contribution in [3.05, 3.63) is 35.9 Å². The Hall–Kier alpha value is -1.82. The zero-order valence-electron chi connectivity index (χ0n) is 10.6. The number of nitrogens with zero attached hydrogens (tertiary/aromatic N) is 1. The molecule has 0 amide bonds. The molecule has 0 atom stereocenters. The number of hydrogen-bond acceptors (Lipinski definition) is 3. The fourth-order valence-corrected chi connectivity index (χ4v) is 2.66. The molecule has 3 nitrogen and oxygen atoms in total. The van der Waals surface area contributed by atoms with Crippen LogP contribution in [0.4, 0.5) is 0 Å². The maximum atomic E-state index is 10.9. The third-order valence-corrected chi connectivity index (χ3v) is 3.66. The van der Waals surface area contributed by atoms with E-state index >= 15 is 0 Å². The summed E-state index contributed by atoms with van der Waals surface area (Å²) in [5.74, 6) is -0.232. The van der Waals surface area contributed by atoms with Crippen molar-refractivity contribution < 1.29 is 9.53 Å². The van der Waals surface area contributed by atoms with E-state index in [1.807, 2.05) is 30.3 Å². The van der Waals surface area contributed by atoms with E-state index in [2.05, 4.69) is 6.07 Å². The van der Waals surface area contributed by atoms with Crippen LogP contribution < -0.4 is 0 Å². The van der Waals surface area contributed by atoms with Crippen molar-refractivity contribution >= 4 is 5.97 Å². The van der Waals surface area contributed by atoms with E-state index in [1.165, 1.54) is 6.92 Å². The minimum absolute atomic E-state index is 0.0207. The molecule has 1 saturated carbocycles. The molecule has 0 bridgehead atoms. The maximum absolute atomic E-state index is 10.9. The highest BCUT2D eigenvalue weighted by molar-refractivity contribution is 5.66. The highest BCUT2D eigenvalue weighted by Crippen LogP contribution is 2.39. The summed E-state index contributed by atoms with van der Waals surface area (Å²) >= 11 is 0. The van der Waals surface area contributed by atoms with Crippen LogP contribution in [0, 0.1) is 11.3 Å². The number of nitriles is 1. The molecule has 3 heteroatoms. The Morgan fingerprint density at radius 3 is 2.44 bits per heavy atom. The van der Waals surface area contributed by atoms with Crippen molar-refractivity contribution in [1.29, 1.82) is 5.26 Å².